The monoisotopic (exact) mass is 594 g/mol. The molecular weight excluding hydrogens is 574 g/mol. The number of rotatable bonds is 4. The summed E-state index contributed by atoms with van der Waals surface area (Å²) in [6, 6.07) is 3.61. The first-order valence-corrected chi connectivity index (χ1v) is 12.2. The summed E-state index contributed by atoms with van der Waals surface area (Å²) in [7, 11) is 0. The van der Waals surface area contributed by atoms with E-state index in [-0.39, 0.29) is 61.3 Å². The average Bonchev–Trinajstić information content (AvgIpc) is 3.34. The van der Waals surface area contributed by atoms with Gasteiger partial charge in [0.2, 0.25) is 5.96 Å². The van der Waals surface area contributed by atoms with Crippen molar-refractivity contribution in [2.24, 2.45) is 4.99 Å². The molecule has 2 aromatic rings. The van der Waals surface area contributed by atoms with E-state index in [0.29, 0.717) is 43.1 Å². The van der Waals surface area contributed by atoms with Gasteiger partial charge >= 0.3 is 18.5 Å². The Morgan fingerprint density at radius 3 is 2.02 bits per heavy atom. The van der Waals surface area contributed by atoms with E-state index in [1.165, 1.54) is 4.90 Å². The quantitative estimate of drug-likeness (QED) is 0.405. The molecule has 3 aliphatic heterocycles. The van der Waals surface area contributed by atoms with Gasteiger partial charge in [0, 0.05) is 38.3 Å². The normalized spacial score (nSPS) is 18.6. The van der Waals surface area contributed by atoms with Crippen LogP contribution in [0.3, 0.4) is 0 Å². The van der Waals surface area contributed by atoms with Crippen LogP contribution in [-0.2, 0) is 36.4 Å². The van der Waals surface area contributed by atoms with Crippen molar-refractivity contribution >= 4 is 11.9 Å². The molecule has 220 valence electrons. The first kappa shape index (κ1) is 28.9. The molecule has 0 radical (unpaired) electrons. The van der Waals surface area contributed by atoms with Crippen LogP contribution in [0.5, 0.6) is 0 Å². The summed E-state index contributed by atoms with van der Waals surface area (Å²) in [6.45, 7) is 0.225. The maximum atomic E-state index is 14.2. The molecule has 41 heavy (non-hydrogen) atoms. The molecule has 0 aliphatic carbocycles. The Labute approximate surface area is 226 Å². The zero-order valence-corrected chi connectivity index (χ0v) is 20.9. The molecule has 0 saturated carbocycles. The maximum Gasteiger partial charge on any atom is 0.419 e. The third kappa shape index (κ3) is 5.76. The molecule has 0 bridgehead atoms. The highest BCUT2D eigenvalue weighted by Gasteiger charge is 2.42. The van der Waals surface area contributed by atoms with Crippen LogP contribution in [0.2, 0.25) is 0 Å². The van der Waals surface area contributed by atoms with Crippen molar-refractivity contribution in [1.29, 1.82) is 0 Å². The van der Waals surface area contributed by atoms with Crippen LogP contribution in [0.4, 0.5) is 43.9 Å². The summed E-state index contributed by atoms with van der Waals surface area (Å²) in [4.78, 5) is 22.3. The van der Waals surface area contributed by atoms with E-state index in [1.807, 2.05) is 0 Å². The third-order valence-electron chi connectivity index (χ3n) is 7.02. The summed E-state index contributed by atoms with van der Waals surface area (Å²) in [6.07, 6.45) is -14.6. The number of carbonyl (C=O) groups is 1. The summed E-state index contributed by atoms with van der Waals surface area (Å²) in [5, 5.41) is 0. The predicted molar refractivity (Wildman–Crippen MR) is 124 cm³/mol. The van der Waals surface area contributed by atoms with Crippen molar-refractivity contribution in [2.75, 3.05) is 26.2 Å². The lowest BCUT2D eigenvalue weighted by Crippen LogP contribution is -2.53. The van der Waals surface area contributed by atoms with Gasteiger partial charge in [-0.1, -0.05) is 6.07 Å². The number of fused-ring (bicyclic) bond motifs is 2. The van der Waals surface area contributed by atoms with Gasteiger partial charge in [0.1, 0.15) is 5.82 Å². The van der Waals surface area contributed by atoms with E-state index < -0.39 is 46.9 Å². The van der Waals surface area contributed by atoms with Crippen LogP contribution in [0, 0.1) is 5.82 Å². The second kappa shape index (κ2) is 10.0. The molecule has 5 rings (SSSR count). The highest BCUT2D eigenvalue weighted by molar-refractivity contribution is 6.09. The van der Waals surface area contributed by atoms with Gasteiger partial charge in [0.25, 0.3) is 5.91 Å². The lowest BCUT2D eigenvalue weighted by molar-refractivity contribution is -0.143. The standard InChI is InChI=1S/C26H20F10N4O/c27-20-9-14(1-2-19(20)26(34,35)36)12-40-22(41)18-13-38(5-3-21(18)39-6-4-37-23(39)40)11-15-7-16(24(28,29)30)10-17(8-15)25(31,32)33/h1-2,7-10H,3-6,11-13H2. The molecule has 0 aromatic heterocycles. The van der Waals surface area contributed by atoms with Crippen molar-refractivity contribution in [3.05, 3.63) is 81.3 Å². The minimum Gasteiger partial charge on any atom is -0.314 e. The van der Waals surface area contributed by atoms with E-state index >= 15 is 0 Å². The van der Waals surface area contributed by atoms with Gasteiger partial charge in [-0.05, 0) is 41.5 Å². The number of amides is 1. The Hall–Kier alpha value is -3.62. The minimum absolute atomic E-state index is 0.0428. The number of nitrogens with zero attached hydrogens (tertiary/aromatic N) is 4. The Balaban J connectivity index is 1.40. The summed E-state index contributed by atoms with van der Waals surface area (Å²) in [5.74, 6) is -1.84. The molecule has 0 unspecified atom stereocenters. The van der Waals surface area contributed by atoms with Crippen LogP contribution >= 0.6 is 0 Å². The fourth-order valence-corrected chi connectivity index (χ4v) is 5.19. The van der Waals surface area contributed by atoms with E-state index in [9.17, 15) is 48.7 Å². The minimum atomic E-state index is -5.00. The Morgan fingerprint density at radius 2 is 1.44 bits per heavy atom. The molecule has 3 heterocycles. The Morgan fingerprint density at radius 1 is 0.780 bits per heavy atom. The molecule has 0 fully saturated rings. The van der Waals surface area contributed by atoms with Gasteiger partial charge in [-0.15, -0.1) is 0 Å². The Kier molecular flexibility index (Phi) is 7.07. The molecule has 0 atom stereocenters. The molecule has 0 saturated heterocycles. The second-order valence-electron chi connectivity index (χ2n) is 9.84. The SMILES string of the molecule is O=C1C2=C(CCN(Cc3cc(C(F)(F)F)cc(C(F)(F)F)c3)C2)N2CCN=C2N1Cc1ccc(C(F)(F)F)c(F)c1. The topological polar surface area (TPSA) is 39.2 Å². The zero-order valence-electron chi connectivity index (χ0n) is 20.9. The summed E-state index contributed by atoms with van der Waals surface area (Å²) >= 11 is 0. The van der Waals surface area contributed by atoms with Gasteiger partial charge in [-0.2, -0.15) is 39.5 Å². The predicted octanol–water partition coefficient (Wildman–Crippen LogP) is 6.06. The molecule has 0 N–H and O–H groups in total. The van der Waals surface area contributed by atoms with Crippen LogP contribution in [0.1, 0.15) is 34.2 Å². The number of aliphatic imine (C=N–C) groups is 1. The van der Waals surface area contributed by atoms with Crippen LogP contribution in [-0.4, -0.2) is 52.7 Å². The van der Waals surface area contributed by atoms with Crippen molar-refractivity contribution in [3.8, 4) is 0 Å². The highest BCUT2D eigenvalue weighted by Crippen LogP contribution is 2.38. The largest absolute Gasteiger partial charge is 0.419 e. The lowest BCUT2D eigenvalue weighted by atomic mass is 9.99. The van der Waals surface area contributed by atoms with Gasteiger partial charge in [0.05, 0.1) is 35.4 Å². The van der Waals surface area contributed by atoms with Crippen molar-refractivity contribution < 1.29 is 48.7 Å². The first-order chi connectivity index (χ1) is 19.0. The molecule has 3 aliphatic rings. The lowest BCUT2D eigenvalue weighted by Gasteiger charge is -2.42. The fraction of sp³-hybridized carbons (Fsp3) is 0.385. The van der Waals surface area contributed by atoms with E-state index in [2.05, 4.69) is 4.99 Å². The van der Waals surface area contributed by atoms with Crippen LogP contribution in [0.15, 0.2) is 52.7 Å². The molecule has 5 nitrogen and oxygen atoms in total. The third-order valence-corrected chi connectivity index (χ3v) is 7.02. The molecule has 1 amide bonds. The fourth-order valence-electron chi connectivity index (χ4n) is 5.19. The van der Waals surface area contributed by atoms with Crippen molar-refractivity contribution in [3.63, 3.8) is 0 Å². The van der Waals surface area contributed by atoms with Gasteiger partial charge < -0.3 is 4.90 Å². The first-order valence-electron chi connectivity index (χ1n) is 12.2. The average molecular weight is 594 g/mol. The Bertz CT molecular complexity index is 1410. The molecular formula is C26H20F10N4O. The number of guanidine groups is 1. The number of benzene rings is 2. The summed E-state index contributed by atoms with van der Waals surface area (Å²) < 4.78 is 133. The smallest absolute Gasteiger partial charge is 0.314 e. The van der Waals surface area contributed by atoms with E-state index in [0.717, 1.165) is 6.07 Å². The second-order valence-corrected chi connectivity index (χ2v) is 9.84. The van der Waals surface area contributed by atoms with Crippen LogP contribution in [0.25, 0.3) is 0 Å². The van der Waals surface area contributed by atoms with Crippen molar-refractivity contribution in [1.82, 2.24) is 14.7 Å². The maximum absolute atomic E-state index is 14.2. The van der Waals surface area contributed by atoms with E-state index in [4.69, 9.17) is 0 Å². The van der Waals surface area contributed by atoms with Gasteiger partial charge in [0.15, 0.2) is 0 Å². The number of halogens is 10. The number of alkyl halides is 9. The highest BCUT2D eigenvalue weighted by atomic mass is 19.4. The molecule has 0 spiro atoms. The van der Waals surface area contributed by atoms with Crippen molar-refractivity contribution in [2.45, 2.75) is 38.0 Å². The van der Waals surface area contributed by atoms with Gasteiger partial charge in [-0.25, -0.2) is 4.39 Å². The zero-order chi connectivity index (χ0) is 29.9. The molecule has 15 heteroatoms. The number of carbonyl (C=O) groups excluding carboxylic acids is 1. The van der Waals surface area contributed by atoms with Crippen LogP contribution < -0.4 is 0 Å². The summed E-state index contributed by atoms with van der Waals surface area (Å²) in [5.41, 5.74) is -3.67. The van der Waals surface area contributed by atoms with E-state index in [1.54, 1.807) is 9.80 Å². The number of hydrogen-bond donors (Lipinski definition) is 0. The number of hydrogen-bond acceptors (Lipinski definition) is 4. The van der Waals surface area contributed by atoms with Gasteiger partial charge in [-0.3, -0.25) is 19.6 Å². The molecule has 2 aromatic carbocycles.